The average Bonchev–Trinajstić information content (AvgIpc) is 2.78. The Hall–Kier alpha value is -0.900. The van der Waals surface area contributed by atoms with Gasteiger partial charge < -0.3 is 5.32 Å². The summed E-state index contributed by atoms with van der Waals surface area (Å²) in [6.45, 7) is 6.46. The van der Waals surface area contributed by atoms with Crippen molar-refractivity contribution in [2.45, 2.75) is 65.0 Å². The van der Waals surface area contributed by atoms with Crippen molar-refractivity contribution >= 4 is 0 Å². The van der Waals surface area contributed by atoms with Crippen LogP contribution in [-0.2, 0) is 13.0 Å². The molecule has 1 N–H and O–H groups in total. The van der Waals surface area contributed by atoms with Crippen LogP contribution in [0.1, 0.15) is 63.4 Å². The molecule has 0 saturated heterocycles. The van der Waals surface area contributed by atoms with Crippen molar-refractivity contribution in [3.63, 3.8) is 0 Å². The van der Waals surface area contributed by atoms with Crippen molar-refractivity contribution in [1.29, 1.82) is 0 Å². The number of fused-ring (bicyclic) bond motifs is 1. The molecule has 4 nitrogen and oxygen atoms in total. The van der Waals surface area contributed by atoms with E-state index in [1.54, 1.807) is 0 Å². The molecule has 0 bridgehead atoms. The standard InChI is InChI=1S/C13H24N4/c1-3-5-7-11(6-4-2)17-13-8-9-14-10-12(13)15-16-17/h11,14H,3-10H2,1-2H3. The number of unbranched alkanes of at least 4 members (excludes halogenated alkanes) is 1. The molecule has 2 heterocycles. The van der Waals surface area contributed by atoms with Gasteiger partial charge in [-0.1, -0.05) is 38.3 Å². The molecular weight excluding hydrogens is 212 g/mol. The van der Waals surface area contributed by atoms with Gasteiger partial charge in [-0.2, -0.15) is 0 Å². The van der Waals surface area contributed by atoms with E-state index in [0.717, 1.165) is 25.2 Å². The van der Waals surface area contributed by atoms with Crippen molar-refractivity contribution in [1.82, 2.24) is 20.3 Å². The van der Waals surface area contributed by atoms with E-state index < -0.39 is 0 Å². The molecule has 1 aromatic rings. The van der Waals surface area contributed by atoms with Crippen LogP contribution in [0, 0.1) is 0 Å². The fourth-order valence-corrected chi connectivity index (χ4v) is 2.61. The summed E-state index contributed by atoms with van der Waals surface area (Å²) < 4.78 is 2.22. The first-order valence-corrected chi connectivity index (χ1v) is 7.00. The van der Waals surface area contributed by atoms with Crippen molar-refractivity contribution in [2.24, 2.45) is 0 Å². The summed E-state index contributed by atoms with van der Waals surface area (Å²) in [6.07, 6.45) is 7.32. The van der Waals surface area contributed by atoms with Crippen LogP contribution in [0.25, 0.3) is 0 Å². The van der Waals surface area contributed by atoms with Gasteiger partial charge in [0.25, 0.3) is 0 Å². The zero-order valence-corrected chi connectivity index (χ0v) is 11.1. The minimum atomic E-state index is 0.564. The molecule has 2 rings (SSSR count). The predicted octanol–water partition coefficient (Wildman–Crippen LogP) is 2.46. The maximum absolute atomic E-state index is 4.40. The van der Waals surface area contributed by atoms with Crippen LogP contribution in [-0.4, -0.2) is 21.5 Å². The minimum absolute atomic E-state index is 0.564. The van der Waals surface area contributed by atoms with E-state index in [9.17, 15) is 0 Å². The van der Waals surface area contributed by atoms with E-state index in [1.807, 2.05) is 0 Å². The SMILES string of the molecule is CCCCC(CCC)n1nnc2c1CCNC2. The van der Waals surface area contributed by atoms with Crippen LogP contribution in [0.15, 0.2) is 0 Å². The zero-order valence-electron chi connectivity index (χ0n) is 11.1. The van der Waals surface area contributed by atoms with E-state index in [0.29, 0.717) is 6.04 Å². The molecule has 96 valence electrons. The number of hydrogen-bond donors (Lipinski definition) is 1. The van der Waals surface area contributed by atoms with Crippen LogP contribution in [0.3, 0.4) is 0 Å². The quantitative estimate of drug-likeness (QED) is 0.825. The first kappa shape index (κ1) is 12.6. The maximum atomic E-state index is 4.40. The lowest BCUT2D eigenvalue weighted by atomic mass is 10.0. The molecule has 1 aliphatic rings. The van der Waals surface area contributed by atoms with Gasteiger partial charge in [-0.15, -0.1) is 5.10 Å². The lowest BCUT2D eigenvalue weighted by Gasteiger charge is -2.20. The molecule has 0 spiro atoms. The van der Waals surface area contributed by atoms with Gasteiger partial charge >= 0.3 is 0 Å². The molecule has 1 aliphatic heterocycles. The zero-order chi connectivity index (χ0) is 12.1. The van der Waals surface area contributed by atoms with Crippen molar-refractivity contribution in [3.8, 4) is 0 Å². The Morgan fingerprint density at radius 2 is 2.18 bits per heavy atom. The molecular formula is C13H24N4. The summed E-state index contributed by atoms with van der Waals surface area (Å²) in [4.78, 5) is 0. The molecule has 1 atom stereocenters. The maximum Gasteiger partial charge on any atom is 0.0997 e. The van der Waals surface area contributed by atoms with Crippen molar-refractivity contribution in [3.05, 3.63) is 11.4 Å². The monoisotopic (exact) mass is 236 g/mol. The Labute approximate surface area is 104 Å². The van der Waals surface area contributed by atoms with Crippen LogP contribution in [0.2, 0.25) is 0 Å². The number of nitrogens with zero attached hydrogens (tertiary/aromatic N) is 3. The van der Waals surface area contributed by atoms with Gasteiger partial charge in [0.15, 0.2) is 0 Å². The molecule has 1 aromatic heterocycles. The van der Waals surface area contributed by atoms with E-state index >= 15 is 0 Å². The Bertz CT molecular complexity index is 345. The van der Waals surface area contributed by atoms with Gasteiger partial charge in [0.2, 0.25) is 0 Å². The van der Waals surface area contributed by atoms with E-state index in [2.05, 4.69) is 34.2 Å². The summed E-state index contributed by atoms with van der Waals surface area (Å²) in [5.74, 6) is 0. The summed E-state index contributed by atoms with van der Waals surface area (Å²) in [6, 6.07) is 0.564. The van der Waals surface area contributed by atoms with Gasteiger partial charge in [-0.25, -0.2) is 4.68 Å². The van der Waals surface area contributed by atoms with Gasteiger partial charge in [-0.3, -0.25) is 0 Å². The third kappa shape index (κ3) is 2.86. The Morgan fingerprint density at radius 3 is 2.94 bits per heavy atom. The fourth-order valence-electron chi connectivity index (χ4n) is 2.61. The molecule has 17 heavy (non-hydrogen) atoms. The van der Waals surface area contributed by atoms with Gasteiger partial charge in [-0.05, 0) is 12.8 Å². The lowest BCUT2D eigenvalue weighted by Crippen LogP contribution is -2.26. The number of rotatable bonds is 6. The Kier molecular flexibility index (Phi) is 4.54. The predicted molar refractivity (Wildman–Crippen MR) is 68.9 cm³/mol. The molecule has 0 aromatic carbocycles. The summed E-state index contributed by atoms with van der Waals surface area (Å²) >= 11 is 0. The molecule has 1 unspecified atom stereocenters. The van der Waals surface area contributed by atoms with E-state index in [-0.39, 0.29) is 0 Å². The van der Waals surface area contributed by atoms with Gasteiger partial charge in [0.05, 0.1) is 17.4 Å². The molecule has 0 aliphatic carbocycles. The third-order valence-corrected chi connectivity index (χ3v) is 3.56. The van der Waals surface area contributed by atoms with Crippen LogP contribution in [0.4, 0.5) is 0 Å². The summed E-state index contributed by atoms with van der Waals surface area (Å²) in [5.41, 5.74) is 2.53. The Morgan fingerprint density at radius 1 is 1.29 bits per heavy atom. The molecule has 0 saturated carbocycles. The van der Waals surface area contributed by atoms with Gasteiger partial charge in [0.1, 0.15) is 0 Å². The third-order valence-electron chi connectivity index (χ3n) is 3.56. The topological polar surface area (TPSA) is 42.7 Å². The summed E-state index contributed by atoms with van der Waals surface area (Å²) in [5, 5.41) is 12.1. The average molecular weight is 236 g/mol. The lowest BCUT2D eigenvalue weighted by molar-refractivity contribution is 0.364. The first-order chi connectivity index (χ1) is 8.36. The second-order valence-corrected chi connectivity index (χ2v) is 4.94. The normalized spacial score (nSPS) is 16.8. The second kappa shape index (κ2) is 6.15. The highest BCUT2D eigenvalue weighted by Gasteiger charge is 2.21. The van der Waals surface area contributed by atoms with Gasteiger partial charge in [0, 0.05) is 19.5 Å². The molecule has 0 fully saturated rings. The highest BCUT2D eigenvalue weighted by atomic mass is 15.4. The second-order valence-electron chi connectivity index (χ2n) is 4.94. The number of aromatic nitrogens is 3. The summed E-state index contributed by atoms with van der Waals surface area (Å²) in [7, 11) is 0. The molecule has 4 heteroatoms. The number of hydrogen-bond acceptors (Lipinski definition) is 3. The Balaban J connectivity index is 2.13. The van der Waals surface area contributed by atoms with Crippen LogP contribution in [0.5, 0.6) is 0 Å². The minimum Gasteiger partial charge on any atom is -0.311 e. The van der Waals surface area contributed by atoms with Crippen LogP contribution >= 0.6 is 0 Å². The van der Waals surface area contributed by atoms with Crippen LogP contribution < -0.4 is 5.32 Å². The fraction of sp³-hybridized carbons (Fsp3) is 0.846. The molecule has 0 radical (unpaired) electrons. The smallest absolute Gasteiger partial charge is 0.0997 e. The highest BCUT2D eigenvalue weighted by molar-refractivity contribution is 5.14. The van der Waals surface area contributed by atoms with Crippen molar-refractivity contribution < 1.29 is 0 Å². The first-order valence-electron chi connectivity index (χ1n) is 7.00. The molecule has 0 amide bonds. The van der Waals surface area contributed by atoms with E-state index in [4.69, 9.17) is 0 Å². The number of nitrogens with one attached hydrogen (secondary N) is 1. The largest absolute Gasteiger partial charge is 0.311 e. The van der Waals surface area contributed by atoms with Crippen molar-refractivity contribution in [2.75, 3.05) is 6.54 Å². The highest BCUT2D eigenvalue weighted by Crippen LogP contribution is 2.24. The van der Waals surface area contributed by atoms with E-state index in [1.165, 1.54) is 37.8 Å².